The van der Waals surface area contributed by atoms with Crippen LogP contribution in [0.3, 0.4) is 0 Å². The van der Waals surface area contributed by atoms with Crippen LogP contribution < -0.4 is 26.0 Å². The van der Waals surface area contributed by atoms with Gasteiger partial charge >= 0.3 is 6.03 Å². The molecule has 0 saturated heterocycles. The van der Waals surface area contributed by atoms with Gasteiger partial charge in [0.2, 0.25) is 11.8 Å². The molecule has 0 radical (unpaired) electrons. The largest absolute Gasteiger partial charge is 0.438 e. The third-order valence-corrected chi connectivity index (χ3v) is 14.0. The van der Waals surface area contributed by atoms with E-state index in [4.69, 9.17) is 9.84 Å². The van der Waals surface area contributed by atoms with Crippen LogP contribution in [0, 0.1) is 6.92 Å². The molecular weight excluding hydrogens is 603 g/mol. The van der Waals surface area contributed by atoms with Crippen LogP contribution in [0.25, 0.3) is 16.5 Å². The van der Waals surface area contributed by atoms with Crippen LogP contribution >= 0.6 is 0 Å². The number of fused-ring (bicyclic) bond motifs is 1. The van der Waals surface area contributed by atoms with E-state index in [1.54, 1.807) is 12.3 Å². The van der Waals surface area contributed by atoms with Gasteiger partial charge in [0.05, 0.1) is 11.4 Å². The Hall–Kier alpha value is -5.48. The van der Waals surface area contributed by atoms with E-state index in [0.717, 1.165) is 33.0 Å². The summed E-state index contributed by atoms with van der Waals surface area (Å²) in [7, 11) is -1.99. The van der Waals surface area contributed by atoms with Crippen molar-refractivity contribution in [1.29, 1.82) is 0 Å². The number of carbonyl (C=O) groups is 1. The van der Waals surface area contributed by atoms with Crippen molar-refractivity contribution in [2.24, 2.45) is 0 Å². The fraction of sp³-hybridized carbons (Fsp3) is 0.189. The topological polar surface area (TPSA) is 106 Å². The minimum absolute atomic E-state index is 0.0769. The van der Waals surface area contributed by atoms with Gasteiger partial charge < -0.3 is 15.4 Å². The number of para-hydroxylation sites is 1. The van der Waals surface area contributed by atoms with Crippen molar-refractivity contribution in [3.63, 3.8) is 0 Å². The van der Waals surface area contributed by atoms with Gasteiger partial charge in [0.15, 0.2) is 0 Å². The van der Waals surface area contributed by atoms with Crippen molar-refractivity contribution >= 4 is 53.3 Å². The lowest BCUT2D eigenvalue weighted by Gasteiger charge is -2.35. The molecule has 0 spiro atoms. The van der Waals surface area contributed by atoms with Gasteiger partial charge in [-0.2, -0.15) is 10.1 Å². The third kappa shape index (κ3) is 6.87. The van der Waals surface area contributed by atoms with Gasteiger partial charge in [-0.1, -0.05) is 94.0 Å². The minimum atomic E-state index is -1.99. The Bertz CT molecular complexity index is 2030. The molecule has 10 heteroatoms. The van der Waals surface area contributed by atoms with Crippen molar-refractivity contribution in [2.45, 2.75) is 45.8 Å². The second-order valence-electron chi connectivity index (χ2n) is 13.1. The molecule has 6 aromatic rings. The lowest BCUT2D eigenvalue weighted by molar-refractivity contribution is 0.262. The summed E-state index contributed by atoms with van der Waals surface area (Å²) >= 11 is 0. The smallest absolute Gasteiger partial charge is 0.324 e. The first-order valence-electron chi connectivity index (χ1n) is 15.6. The third-order valence-electron chi connectivity index (χ3n) is 8.75. The summed E-state index contributed by atoms with van der Waals surface area (Å²) in [5.41, 5.74) is 3.56. The average Bonchev–Trinajstić information content (AvgIpc) is 3.47. The Labute approximate surface area is 276 Å². The Balaban J connectivity index is 1.25. The summed E-state index contributed by atoms with van der Waals surface area (Å²) < 4.78 is 8.06. The number of hydrogen-bond acceptors (Lipinski definition) is 6. The Morgan fingerprint density at radius 3 is 2.26 bits per heavy atom. The van der Waals surface area contributed by atoms with Crippen LogP contribution in [0.4, 0.5) is 27.9 Å². The molecular formula is C37H39N7O2Si. The number of hydrogen-bond donors (Lipinski definition) is 3. The zero-order chi connectivity index (χ0) is 33.2. The first kappa shape index (κ1) is 31.5. The van der Waals surface area contributed by atoms with Gasteiger partial charge in [0, 0.05) is 34.0 Å². The molecule has 0 saturated carbocycles. The number of nitrogens with one attached hydrogen (secondary N) is 3. The van der Waals surface area contributed by atoms with E-state index < -0.39 is 8.07 Å². The van der Waals surface area contributed by atoms with E-state index in [9.17, 15) is 4.79 Å². The molecule has 0 fully saturated rings. The quantitative estimate of drug-likeness (QED) is 0.143. The van der Waals surface area contributed by atoms with Crippen LogP contribution in [0.5, 0.6) is 11.6 Å². The highest BCUT2D eigenvalue weighted by Gasteiger charge is 2.39. The van der Waals surface area contributed by atoms with Crippen molar-refractivity contribution < 1.29 is 9.53 Å². The fourth-order valence-electron chi connectivity index (χ4n) is 5.00. The molecule has 0 aliphatic rings. The lowest BCUT2D eigenvalue weighted by Crippen LogP contribution is -2.50. The lowest BCUT2D eigenvalue weighted by atomic mass is 10.1. The van der Waals surface area contributed by atoms with Gasteiger partial charge in [0.25, 0.3) is 0 Å². The van der Waals surface area contributed by atoms with Gasteiger partial charge in [-0.25, -0.2) is 14.5 Å². The monoisotopic (exact) mass is 641 g/mol. The first-order chi connectivity index (χ1) is 22.5. The highest BCUT2D eigenvalue weighted by atomic mass is 28.3. The highest BCUT2D eigenvalue weighted by molar-refractivity contribution is 6.91. The van der Waals surface area contributed by atoms with Gasteiger partial charge in [-0.15, -0.1) is 0 Å². The van der Waals surface area contributed by atoms with Gasteiger partial charge in [0.1, 0.15) is 19.6 Å². The van der Waals surface area contributed by atoms with Crippen LogP contribution in [0.15, 0.2) is 109 Å². The van der Waals surface area contributed by atoms with Crippen molar-refractivity contribution in [2.75, 3.05) is 16.0 Å². The molecule has 2 amide bonds. The average molecular weight is 642 g/mol. The normalized spacial score (nSPS) is 11.7. The summed E-state index contributed by atoms with van der Waals surface area (Å²) in [4.78, 5) is 22.4. The number of carbonyl (C=O) groups excluding carboxylic acids is 1. The number of benzene rings is 4. The second-order valence-corrected chi connectivity index (χ2v) is 18.3. The van der Waals surface area contributed by atoms with Crippen LogP contribution in [0.2, 0.25) is 18.1 Å². The summed E-state index contributed by atoms with van der Waals surface area (Å²) in [6, 6.07) is 32.6. The molecule has 4 aromatic carbocycles. The predicted molar refractivity (Wildman–Crippen MR) is 194 cm³/mol. The number of aryl methyl sites for hydroxylation is 1. The molecule has 0 aliphatic heterocycles. The number of anilines is 4. The number of rotatable bonds is 8. The van der Waals surface area contributed by atoms with Crippen LogP contribution in [-0.4, -0.2) is 33.9 Å². The summed E-state index contributed by atoms with van der Waals surface area (Å²) in [6.45, 7) is 13.5. The predicted octanol–water partition coefficient (Wildman–Crippen LogP) is 9.02. The molecule has 3 N–H and O–H groups in total. The molecule has 2 heterocycles. The summed E-state index contributed by atoms with van der Waals surface area (Å²) in [6.07, 6.45) is 1.65. The number of ether oxygens (including phenoxy) is 1. The number of amides is 2. The van der Waals surface area contributed by atoms with Crippen LogP contribution in [0.1, 0.15) is 26.3 Å². The molecule has 0 bridgehead atoms. The standard InChI is InChI=1S/C37H39N7O2Si/c1-25-16-18-27(19-17-25)44-32(24-34(43-44)47(5,6)37(2,3)4)41-36(45)40-30-20-21-31(29-15-11-10-14-28(29)30)46-33-22-23-38-35(42-33)39-26-12-8-7-9-13-26/h7-24H,1-6H3,(H,38,39,42)(H2,40,41,45). The maximum atomic E-state index is 13.6. The Kier molecular flexibility index (Phi) is 8.53. The summed E-state index contributed by atoms with van der Waals surface area (Å²) in [5.74, 6) is 2.03. The molecule has 0 unspecified atom stereocenters. The molecule has 9 nitrogen and oxygen atoms in total. The van der Waals surface area contributed by atoms with Gasteiger partial charge in [-0.05, 0) is 54.4 Å². The maximum absolute atomic E-state index is 13.6. The molecule has 6 rings (SSSR count). The van der Waals surface area contributed by atoms with Crippen molar-refractivity contribution in [3.05, 3.63) is 115 Å². The van der Waals surface area contributed by atoms with E-state index in [2.05, 4.69) is 66.7 Å². The Morgan fingerprint density at radius 2 is 1.53 bits per heavy atom. The zero-order valence-corrected chi connectivity index (χ0v) is 28.5. The second kappa shape index (κ2) is 12.7. The van der Waals surface area contributed by atoms with E-state index in [-0.39, 0.29) is 11.1 Å². The molecule has 0 aliphatic carbocycles. The number of nitrogens with zero attached hydrogens (tertiary/aromatic N) is 4. The molecule has 0 atom stereocenters. The van der Waals surface area contributed by atoms with E-state index in [1.165, 1.54) is 0 Å². The Morgan fingerprint density at radius 1 is 0.830 bits per heavy atom. The van der Waals surface area contributed by atoms with Crippen molar-refractivity contribution in [3.8, 4) is 17.3 Å². The summed E-state index contributed by atoms with van der Waals surface area (Å²) in [5, 5.41) is 17.1. The highest BCUT2D eigenvalue weighted by Crippen LogP contribution is 2.37. The van der Waals surface area contributed by atoms with Gasteiger partial charge in [-0.3, -0.25) is 5.32 Å². The van der Waals surface area contributed by atoms with E-state index >= 15 is 0 Å². The fourth-order valence-corrected chi connectivity index (χ4v) is 6.62. The van der Waals surface area contributed by atoms with E-state index in [1.807, 2.05) is 102 Å². The van der Waals surface area contributed by atoms with E-state index in [0.29, 0.717) is 29.1 Å². The first-order valence-corrected chi connectivity index (χ1v) is 18.6. The number of aromatic nitrogens is 4. The SMILES string of the molecule is Cc1ccc(-n2nc([Si](C)(C)C(C)(C)C)cc2NC(=O)Nc2ccc(Oc3ccnc(Nc4ccccc4)n3)c3ccccc23)cc1. The maximum Gasteiger partial charge on any atom is 0.324 e. The number of urea groups is 1. The minimum Gasteiger partial charge on any atom is -0.438 e. The molecule has 238 valence electrons. The molecule has 2 aromatic heterocycles. The van der Waals surface area contributed by atoms with Crippen molar-refractivity contribution in [1.82, 2.24) is 19.7 Å². The zero-order valence-electron chi connectivity index (χ0n) is 27.5. The molecule has 47 heavy (non-hydrogen) atoms. The van der Waals surface area contributed by atoms with Crippen LogP contribution in [-0.2, 0) is 0 Å².